The van der Waals surface area contributed by atoms with Crippen LogP contribution in [0.1, 0.15) is 64.1 Å². The van der Waals surface area contributed by atoms with Gasteiger partial charge in [-0.1, -0.05) is 51.9 Å². The molecular weight excluding hydrogens is 264 g/mol. The van der Waals surface area contributed by atoms with Gasteiger partial charge in [-0.2, -0.15) is 0 Å². The van der Waals surface area contributed by atoms with Crippen molar-refractivity contribution in [3.63, 3.8) is 0 Å². The molecule has 1 aromatic heterocycles. The Morgan fingerprint density at radius 2 is 1.62 bits per heavy atom. The fourth-order valence-corrected chi connectivity index (χ4v) is 1.86. The highest BCUT2D eigenvalue weighted by molar-refractivity contribution is 8.93. The molecule has 0 aliphatic heterocycles. The van der Waals surface area contributed by atoms with Gasteiger partial charge < -0.3 is 4.98 Å². The summed E-state index contributed by atoms with van der Waals surface area (Å²) in [5, 5.41) is 0. The van der Waals surface area contributed by atoms with Crippen LogP contribution in [0.3, 0.4) is 0 Å². The molecule has 0 amide bonds. The van der Waals surface area contributed by atoms with Crippen molar-refractivity contribution in [3.8, 4) is 0 Å². The summed E-state index contributed by atoms with van der Waals surface area (Å²) >= 11 is 0. The van der Waals surface area contributed by atoms with Gasteiger partial charge in [0.2, 0.25) is 0 Å². The predicted octanol–water partition coefficient (Wildman–Crippen LogP) is 4.67. The van der Waals surface area contributed by atoms with Gasteiger partial charge in [0.15, 0.2) is 0 Å². The Labute approximate surface area is 110 Å². The quantitative estimate of drug-likeness (QED) is 0.657. The minimum Gasteiger partial charge on any atom is -0.349 e. The zero-order chi connectivity index (χ0) is 10.8. The van der Waals surface area contributed by atoms with Crippen LogP contribution < -0.4 is 0 Å². The number of imidazole rings is 1. The van der Waals surface area contributed by atoms with Crippen molar-refractivity contribution < 1.29 is 0 Å². The number of aromatic nitrogens is 2. The van der Waals surface area contributed by atoms with E-state index >= 15 is 0 Å². The molecule has 1 rings (SSSR count). The Hall–Kier alpha value is -0.310. The van der Waals surface area contributed by atoms with Gasteiger partial charge in [-0.05, 0) is 6.42 Å². The molecular formula is C13H25BrN2. The van der Waals surface area contributed by atoms with Gasteiger partial charge in [-0.3, -0.25) is 0 Å². The SMILES string of the molecule is Br.CCCCCCCCCCc1ncc[nH]1. The number of unbranched alkanes of at least 4 members (excludes halogenated alkanes) is 7. The summed E-state index contributed by atoms with van der Waals surface area (Å²) in [7, 11) is 0. The fraction of sp³-hybridized carbons (Fsp3) is 0.769. The lowest BCUT2D eigenvalue weighted by Crippen LogP contribution is -1.88. The van der Waals surface area contributed by atoms with Gasteiger partial charge >= 0.3 is 0 Å². The minimum atomic E-state index is 0. The molecule has 2 nitrogen and oxygen atoms in total. The van der Waals surface area contributed by atoms with Gasteiger partial charge in [0.25, 0.3) is 0 Å². The van der Waals surface area contributed by atoms with Gasteiger partial charge in [-0.25, -0.2) is 4.98 Å². The second-order valence-corrected chi connectivity index (χ2v) is 4.26. The van der Waals surface area contributed by atoms with Crippen molar-refractivity contribution >= 4 is 17.0 Å². The lowest BCUT2D eigenvalue weighted by atomic mass is 10.1. The zero-order valence-corrected chi connectivity index (χ0v) is 12.1. The van der Waals surface area contributed by atoms with Crippen LogP contribution >= 0.6 is 17.0 Å². The van der Waals surface area contributed by atoms with Gasteiger partial charge in [0, 0.05) is 18.8 Å². The van der Waals surface area contributed by atoms with Crippen LogP contribution in [0.2, 0.25) is 0 Å². The van der Waals surface area contributed by atoms with Crippen LogP contribution in [0.15, 0.2) is 12.4 Å². The summed E-state index contributed by atoms with van der Waals surface area (Å²) in [4.78, 5) is 7.36. The molecule has 0 saturated carbocycles. The van der Waals surface area contributed by atoms with E-state index < -0.39 is 0 Å². The molecule has 0 fully saturated rings. The molecule has 0 bridgehead atoms. The Balaban J connectivity index is 0.00000225. The van der Waals surface area contributed by atoms with Crippen LogP contribution in [0.25, 0.3) is 0 Å². The number of nitrogens with zero attached hydrogens (tertiary/aromatic N) is 1. The molecule has 0 unspecified atom stereocenters. The second kappa shape index (κ2) is 11.2. The van der Waals surface area contributed by atoms with E-state index in [0.29, 0.717) is 0 Å². The third kappa shape index (κ3) is 7.91. The van der Waals surface area contributed by atoms with E-state index in [1.165, 1.54) is 51.4 Å². The third-order valence-electron chi connectivity index (χ3n) is 2.82. The Morgan fingerprint density at radius 1 is 1.00 bits per heavy atom. The smallest absolute Gasteiger partial charge is 0.105 e. The molecule has 16 heavy (non-hydrogen) atoms. The van der Waals surface area contributed by atoms with Crippen LogP contribution in [-0.4, -0.2) is 9.97 Å². The van der Waals surface area contributed by atoms with Crippen molar-refractivity contribution in [2.24, 2.45) is 0 Å². The molecule has 0 atom stereocenters. The molecule has 0 radical (unpaired) electrons. The topological polar surface area (TPSA) is 28.7 Å². The van der Waals surface area contributed by atoms with Crippen LogP contribution in [-0.2, 0) is 6.42 Å². The van der Waals surface area contributed by atoms with E-state index in [9.17, 15) is 0 Å². The van der Waals surface area contributed by atoms with E-state index in [0.717, 1.165) is 12.2 Å². The summed E-state index contributed by atoms with van der Waals surface area (Å²) in [6, 6.07) is 0. The van der Waals surface area contributed by atoms with Gasteiger partial charge in [0.05, 0.1) is 0 Å². The Morgan fingerprint density at radius 3 is 2.19 bits per heavy atom. The zero-order valence-electron chi connectivity index (χ0n) is 10.4. The van der Waals surface area contributed by atoms with E-state index in [1.54, 1.807) is 0 Å². The molecule has 0 aliphatic rings. The molecule has 1 aromatic rings. The molecule has 1 N–H and O–H groups in total. The minimum absolute atomic E-state index is 0. The standard InChI is InChI=1S/C13H24N2.BrH/c1-2-3-4-5-6-7-8-9-10-13-14-11-12-15-13;/h11-12H,2-10H2,1H3,(H,14,15);1H. The number of nitrogens with one attached hydrogen (secondary N) is 1. The molecule has 1 heterocycles. The number of hydrogen-bond acceptors (Lipinski definition) is 1. The highest BCUT2D eigenvalue weighted by Gasteiger charge is 1.95. The van der Waals surface area contributed by atoms with E-state index in [2.05, 4.69) is 16.9 Å². The average Bonchev–Trinajstić information content (AvgIpc) is 2.75. The summed E-state index contributed by atoms with van der Waals surface area (Å²) in [6.07, 6.45) is 15.9. The lowest BCUT2D eigenvalue weighted by Gasteiger charge is -2.00. The van der Waals surface area contributed by atoms with Gasteiger partial charge in [0.1, 0.15) is 5.82 Å². The molecule has 0 aromatic carbocycles. The van der Waals surface area contributed by atoms with E-state index in [4.69, 9.17) is 0 Å². The van der Waals surface area contributed by atoms with E-state index in [1.807, 2.05) is 12.4 Å². The molecule has 0 spiro atoms. The highest BCUT2D eigenvalue weighted by Crippen LogP contribution is 2.09. The summed E-state index contributed by atoms with van der Waals surface area (Å²) in [5.41, 5.74) is 0. The first-order valence-electron chi connectivity index (χ1n) is 6.41. The number of halogens is 1. The summed E-state index contributed by atoms with van der Waals surface area (Å²) in [6.45, 7) is 2.27. The van der Waals surface area contributed by atoms with Crippen molar-refractivity contribution in [3.05, 3.63) is 18.2 Å². The Bertz CT molecular complexity index is 222. The monoisotopic (exact) mass is 288 g/mol. The third-order valence-corrected chi connectivity index (χ3v) is 2.82. The first kappa shape index (κ1) is 15.7. The number of hydrogen-bond donors (Lipinski definition) is 1. The van der Waals surface area contributed by atoms with Crippen LogP contribution in [0.4, 0.5) is 0 Å². The predicted molar refractivity (Wildman–Crippen MR) is 75.2 cm³/mol. The molecule has 94 valence electrons. The first-order chi connectivity index (χ1) is 7.43. The normalized spacial score (nSPS) is 10.1. The Kier molecular flexibility index (Phi) is 11.0. The maximum Gasteiger partial charge on any atom is 0.105 e. The molecule has 0 aliphatic carbocycles. The van der Waals surface area contributed by atoms with E-state index in [-0.39, 0.29) is 17.0 Å². The summed E-state index contributed by atoms with van der Waals surface area (Å²) in [5.74, 6) is 1.14. The van der Waals surface area contributed by atoms with Crippen molar-refractivity contribution in [1.82, 2.24) is 9.97 Å². The summed E-state index contributed by atoms with van der Waals surface area (Å²) < 4.78 is 0. The highest BCUT2D eigenvalue weighted by atomic mass is 79.9. The first-order valence-corrected chi connectivity index (χ1v) is 6.41. The number of rotatable bonds is 9. The van der Waals surface area contributed by atoms with Crippen molar-refractivity contribution in [1.29, 1.82) is 0 Å². The van der Waals surface area contributed by atoms with Crippen molar-refractivity contribution in [2.75, 3.05) is 0 Å². The van der Waals surface area contributed by atoms with Crippen molar-refractivity contribution in [2.45, 2.75) is 64.7 Å². The maximum atomic E-state index is 4.22. The second-order valence-electron chi connectivity index (χ2n) is 4.26. The van der Waals surface area contributed by atoms with Crippen LogP contribution in [0, 0.1) is 0 Å². The number of aryl methyl sites for hydroxylation is 1. The lowest BCUT2D eigenvalue weighted by molar-refractivity contribution is 0.572. The maximum absolute atomic E-state index is 4.22. The van der Waals surface area contributed by atoms with Crippen LogP contribution in [0.5, 0.6) is 0 Å². The molecule has 3 heteroatoms. The average molecular weight is 289 g/mol. The number of H-pyrrole nitrogens is 1. The fourth-order valence-electron chi connectivity index (χ4n) is 1.86. The number of aromatic amines is 1. The molecule has 0 saturated heterocycles. The largest absolute Gasteiger partial charge is 0.349 e. The van der Waals surface area contributed by atoms with Gasteiger partial charge in [-0.15, -0.1) is 17.0 Å².